The average Bonchev–Trinajstić information content (AvgIpc) is 3.01. The summed E-state index contributed by atoms with van der Waals surface area (Å²) in [7, 11) is 0. The predicted molar refractivity (Wildman–Crippen MR) is 90.3 cm³/mol. The van der Waals surface area contributed by atoms with Gasteiger partial charge in [-0.1, -0.05) is 5.16 Å². The third-order valence-electron chi connectivity index (χ3n) is 3.61. The van der Waals surface area contributed by atoms with E-state index in [0.29, 0.717) is 23.7 Å². The zero-order chi connectivity index (χ0) is 17.9. The van der Waals surface area contributed by atoms with Gasteiger partial charge in [-0.05, 0) is 40.7 Å². The highest BCUT2D eigenvalue weighted by Crippen LogP contribution is 2.20. The normalized spacial score (nSPS) is 10.9. The smallest absolute Gasteiger partial charge is 0.253 e. The number of aromatic nitrogens is 2. The van der Waals surface area contributed by atoms with Crippen LogP contribution < -0.4 is 10.6 Å². The summed E-state index contributed by atoms with van der Waals surface area (Å²) in [4.78, 5) is 24.0. The molecule has 0 aromatic carbocycles. The monoisotopic (exact) mass is 332 g/mol. The minimum Gasteiger partial charge on any atom is -0.360 e. The molecular weight excluding hydrogens is 308 g/mol. The Morgan fingerprint density at radius 2 is 1.96 bits per heavy atom. The van der Waals surface area contributed by atoms with Crippen molar-refractivity contribution in [2.45, 2.75) is 47.1 Å². The Morgan fingerprint density at radius 1 is 1.25 bits per heavy atom. The first-order valence-electron chi connectivity index (χ1n) is 7.99. The summed E-state index contributed by atoms with van der Waals surface area (Å²) in [5.41, 5.74) is 2.24. The number of hydrogen-bond acceptors (Lipinski definition) is 4. The van der Waals surface area contributed by atoms with Crippen molar-refractivity contribution in [3.63, 3.8) is 0 Å². The molecule has 24 heavy (non-hydrogen) atoms. The molecule has 0 radical (unpaired) electrons. The molecule has 0 fully saturated rings. The molecule has 130 valence electrons. The van der Waals surface area contributed by atoms with Crippen molar-refractivity contribution < 1.29 is 14.1 Å². The molecule has 7 heteroatoms. The van der Waals surface area contributed by atoms with E-state index in [9.17, 15) is 9.59 Å². The summed E-state index contributed by atoms with van der Waals surface area (Å²) in [5, 5.41) is 9.57. The van der Waals surface area contributed by atoms with E-state index in [4.69, 9.17) is 4.52 Å². The van der Waals surface area contributed by atoms with Crippen LogP contribution in [-0.2, 0) is 4.79 Å². The lowest BCUT2D eigenvalue weighted by Crippen LogP contribution is -2.34. The maximum atomic E-state index is 12.4. The SMILES string of the molecule is Cc1cc(-n2c(C)cc(C(=O)NCCC(=O)NC(C)C)c2C)no1. The van der Waals surface area contributed by atoms with E-state index in [2.05, 4.69) is 15.8 Å². The summed E-state index contributed by atoms with van der Waals surface area (Å²) < 4.78 is 6.98. The second kappa shape index (κ2) is 7.33. The van der Waals surface area contributed by atoms with Gasteiger partial charge in [0.25, 0.3) is 5.91 Å². The Hall–Kier alpha value is -2.57. The number of nitrogens with one attached hydrogen (secondary N) is 2. The molecule has 0 bridgehead atoms. The van der Waals surface area contributed by atoms with E-state index < -0.39 is 0 Å². The molecule has 0 spiro atoms. The molecule has 2 N–H and O–H groups in total. The largest absolute Gasteiger partial charge is 0.360 e. The summed E-state index contributed by atoms with van der Waals surface area (Å²) in [5.74, 6) is 1.08. The lowest BCUT2D eigenvalue weighted by atomic mass is 10.2. The van der Waals surface area contributed by atoms with Gasteiger partial charge < -0.3 is 15.2 Å². The molecule has 2 heterocycles. The minimum atomic E-state index is -0.202. The maximum Gasteiger partial charge on any atom is 0.253 e. The average molecular weight is 332 g/mol. The zero-order valence-corrected chi connectivity index (χ0v) is 14.8. The van der Waals surface area contributed by atoms with Crippen molar-refractivity contribution in [1.82, 2.24) is 20.4 Å². The van der Waals surface area contributed by atoms with Gasteiger partial charge in [-0.15, -0.1) is 0 Å². The highest BCUT2D eigenvalue weighted by molar-refractivity contribution is 5.96. The van der Waals surface area contributed by atoms with Gasteiger partial charge in [0.2, 0.25) is 5.91 Å². The van der Waals surface area contributed by atoms with E-state index in [1.54, 1.807) is 0 Å². The van der Waals surface area contributed by atoms with E-state index in [1.165, 1.54) is 0 Å². The van der Waals surface area contributed by atoms with Crippen LogP contribution in [0.25, 0.3) is 5.82 Å². The third-order valence-corrected chi connectivity index (χ3v) is 3.61. The lowest BCUT2D eigenvalue weighted by Gasteiger charge is -2.09. The first-order chi connectivity index (χ1) is 11.3. The number of nitrogens with zero attached hydrogens (tertiary/aromatic N) is 2. The summed E-state index contributed by atoms with van der Waals surface area (Å²) >= 11 is 0. The first kappa shape index (κ1) is 17.8. The van der Waals surface area contributed by atoms with Crippen LogP contribution in [-0.4, -0.2) is 34.1 Å². The Bertz CT molecular complexity index is 743. The van der Waals surface area contributed by atoms with Gasteiger partial charge in [-0.25, -0.2) is 0 Å². The number of hydrogen-bond donors (Lipinski definition) is 2. The molecule has 0 saturated carbocycles. The van der Waals surface area contributed by atoms with Crippen LogP contribution in [0.5, 0.6) is 0 Å². The molecular formula is C17H24N4O3. The van der Waals surface area contributed by atoms with Gasteiger partial charge in [-0.3, -0.25) is 14.2 Å². The number of rotatable bonds is 6. The Balaban J connectivity index is 2.04. The third kappa shape index (κ3) is 4.04. The zero-order valence-electron chi connectivity index (χ0n) is 14.8. The number of amides is 2. The number of carbonyl (C=O) groups excluding carboxylic acids is 2. The van der Waals surface area contributed by atoms with E-state index in [-0.39, 0.29) is 24.3 Å². The van der Waals surface area contributed by atoms with Gasteiger partial charge >= 0.3 is 0 Å². The number of aryl methyl sites for hydroxylation is 2. The summed E-state index contributed by atoms with van der Waals surface area (Å²) in [6, 6.07) is 3.72. The molecule has 0 aliphatic carbocycles. The van der Waals surface area contributed by atoms with Crippen molar-refractivity contribution in [2.24, 2.45) is 0 Å². The fraction of sp³-hybridized carbons (Fsp3) is 0.471. The molecule has 0 atom stereocenters. The van der Waals surface area contributed by atoms with Crippen LogP contribution in [0.3, 0.4) is 0 Å². The van der Waals surface area contributed by atoms with Crippen molar-refractivity contribution in [1.29, 1.82) is 0 Å². The van der Waals surface area contributed by atoms with Gasteiger partial charge in [-0.2, -0.15) is 0 Å². The molecule has 0 aliphatic rings. The first-order valence-corrected chi connectivity index (χ1v) is 7.99. The molecule has 2 amide bonds. The lowest BCUT2D eigenvalue weighted by molar-refractivity contribution is -0.121. The summed E-state index contributed by atoms with van der Waals surface area (Å²) in [6.45, 7) is 9.68. The van der Waals surface area contributed by atoms with Crippen LogP contribution in [0.1, 0.15) is 47.8 Å². The molecule has 2 aromatic heterocycles. The van der Waals surface area contributed by atoms with Crippen molar-refractivity contribution in [3.8, 4) is 5.82 Å². The second-order valence-electron chi connectivity index (χ2n) is 6.14. The van der Waals surface area contributed by atoms with E-state index in [0.717, 1.165) is 11.4 Å². The van der Waals surface area contributed by atoms with Crippen LogP contribution in [0, 0.1) is 20.8 Å². The second-order valence-corrected chi connectivity index (χ2v) is 6.14. The van der Waals surface area contributed by atoms with E-state index in [1.807, 2.05) is 51.3 Å². The Kier molecular flexibility index (Phi) is 5.43. The summed E-state index contributed by atoms with van der Waals surface area (Å²) in [6.07, 6.45) is 0.255. The molecule has 2 rings (SSSR count). The standard InChI is InChI=1S/C17H24N4O3/c1-10(2)19-16(22)6-7-18-17(23)14-8-11(3)21(13(14)5)15-9-12(4)24-20-15/h8-10H,6-7H2,1-5H3,(H,18,23)(H,19,22). The quantitative estimate of drug-likeness (QED) is 0.847. The predicted octanol–water partition coefficient (Wildman–Crippen LogP) is 2.04. The van der Waals surface area contributed by atoms with Crippen LogP contribution in [0.2, 0.25) is 0 Å². The highest BCUT2D eigenvalue weighted by Gasteiger charge is 2.18. The van der Waals surface area contributed by atoms with Crippen molar-refractivity contribution in [3.05, 3.63) is 34.8 Å². The van der Waals surface area contributed by atoms with Gasteiger partial charge in [0.05, 0.1) is 5.56 Å². The van der Waals surface area contributed by atoms with Crippen LogP contribution in [0.15, 0.2) is 16.7 Å². The van der Waals surface area contributed by atoms with E-state index >= 15 is 0 Å². The van der Waals surface area contributed by atoms with Crippen LogP contribution in [0.4, 0.5) is 0 Å². The molecule has 0 aliphatic heterocycles. The van der Waals surface area contributed by atoms with Crippen molar-refractivity contribution in [2.75, 3.05) is 6.54 Å². The maximum absolute atomic E-state index is 12.4. The van der Waals surface area contributed by atoms with Crippen LogP contribution >= 0.6 is 0 Å². The van der Waals surface area contributed by atoms with Gasteiger partial charge in [0.1, 0.15) is 5.76 Å². The number of carbonyl (C=O) groups is 2. The Labute approximate surface area is 141 Å². The fourth-order valence-electron chi connectivity index (χ4n) is 2.58. The highest BCUT2D eigenvalue weighted by atomic mass is 16.5. The fourth-order valence-corrected chi connectivity index (χ4v) is 2.58. The van der Waals surface area contributed by atoms with Crippen molar-refractivity contribution >= 4 is 11.8 Å². The molecule has 0 saturated heterocycles. The molecule has 0 unspecified atom stereocenters. The molecule has 7 nitrogen and oxygen atoms in total. The Morgan fingerprint density at radius 3 is 2.54 bits per heavy atom. The minimum absolute atomic E-state index is 0.0751. The topological polar surface area (TPSA) is 89.2 Å². The van der Waals surface area contributed by atoms with Gasteiger partial charge in [0.15, 0.2) is 5.82 Å². The van der Waals surface area contributed by atoms with Gasteiger partial charge in [0, 0.05) is 36.5 Å². The molecule has 2 aromatic rings.